The van der Waals surface area contributed by atoms with Crippen molar-refractivity contribution in [2.24, 2.45) is 0 Å². The molecule has 5 nitrogen and oxygen atoms in total. The Morgan fingerprint density at radius 3 is 2.20 bits per heavy atom. The van der Waals surface area contributed by atoms with E-state index in [1.54, 1.807) is 9.80 Å². The van der Waals surface area contributed by atoms with Crippen molar-refractivity contribution in [3.05, 3.63) is 35.6 Å². The topological polar surface area (TPSA) is 64.4 Å². The van der Waals surface area contributed by atoms with Crippen molar-refractivity contribution in [3.8, 4) is 6.07 Å². The van der Waals surface area contributed by atoms with Crippen molar-refractivity contribution in [2.45, 2.75) is 6.42 Å². The Hall–Kier alpha value is -2.42. The SMILES string of the molecule is N#CCC(=O)N1CCN(C(=O)c2ccc(F)cc2)CC1. The van der Waals surface area contributed by atoms with Crippen molar-refractivity contribution in [1.29, 1.82) is 5.26 Å². The number of halogens is 1. The number of nitrogens with zero attached hydrogens (tertiary/aromatic N) is 3. The molecule has 0 radical (unpaired) electrons. The highest BCUT2D eigenvalue weighted by Gasteiger charge is 2.24. The maximum Gasteiger partial charge on any atom is 0.253 e. The molecular formula is C14H14FN3O2. The zero-order valence-electron chi connectivity index (χ0n) is 10.9. The molecule has 0 unspecified atom stereocenters. The van der Waals surface area contributed by atoms with Gasteiger partial charge in [-0.15, -0.1) is 0 Å². The fraction of sp³-hybridized carbons (Fsp3) is 0.357. The van der Waals surface area contributed by atoms with Crippen LogP contribution in [0.15, 0.2) is 24.3 Å². The summed E-state index contributed by atoms with van der Waals surface area (Å²) in [5.41, 5.74) is 0.434. The van der Waals surface area contributed by atoms with Crippen molar-refractivity contribution in [2.75, 3.05) is 26.2 Å². The maximum atomic E-state index is 12.8. The number of rotatable bonds is 2. The molecule has 1 aromatic carbocycles. The molecular weight excluding hydrogens is 261 g/mol. The van der Waals surface area contributed by atoms with Gasteiger partial charge in [0.05, 0.1) is 6.07 Å². The molecule has 0 saturated carbocycles. The minimum Gasteiger partial charge on any atom is -0.338 e. The van der Waals surface area contributed by atoms with E-state index in [1.165, 1.54) is 24.3 Å². The van der Waals surface area contributed by atoms with Crippen LogP contribution < -0.4 is 0 Å². The van der Waals surface area contributed by atoms with Crippen LogP contribution in [0.4, 0.5) is 4.39 Å². The quantitative estimate of drug-likeness (QED) is 0.809. The predicted octanol–water partition coefficient (Wildman–Crippen LogP) is 1.02. The molecule has 0 N–H and O–H groups in total. The second-order valence-electron chi connectivity index (χ2n) is 4.51. The lowest BCUT2D eigenvalue weighted by molar-refractivity contribution is -0.131. The van der Waals surface area contributed by atoms with E-state index in [1.807, 2.05) is 6.07 Å². The molecule has 0 aromatic heterocycles. The smallest absolute Gasteiger partial charge is 0.253 e. The molecule has 2 amide bonds. The van der Waals surface area contributed by atoms with Crippen LogP contribution in [0.1, 0.15) is 16.8 Å². The van der Waals surface area contributed by atoms with E-state index < -0.39 is 0 Å². The van der Waals surface area contributed by atoms with Crippen LogP contribution in [-0.4, -0.2) is 47.8 Å². The van der Waals surface area contributed by atoms with Crippen molar-refractivity contribution in [3.63, 3.8) is 0 Å². The van der Waals surface area contributed by atoms with E-state index in [0.717, 1.165) is 0 Å². The monoisotopic (exact) mass is 275 g/mol. The molecule has 1 aliphatic heterocycles. The van der Waals surface area contributed by atoms with Crippen LogP contribution >= 0.6 is 0 Å². The van der Waals surface area contributed by atoms with Crippen LogP contribution in [0.3, 0.4) is 0 Å². The fourth-order valence-corrected chi connectivity index (χ4v) is 2.11. The number of nitriles is 1. The van der Waals surface area contributed by atoms with Gasteiger partial charge in [-0.3, -0.25) is 9.59 Å². The Morgan fingerprint density at radius 2 is 1.65 bits per heavy atom. The number of amides is 2. The van der Waals surface area contributed by atoms with E-state index in [4.69, 9.17) is 5.26 Å². The number of hydrogen-bond acceptors (Lipinski definition) is 3. The molecule has 0 aliphatic carbocycles. The third-order valence-corrected chi connectivity index (χ3v) is 3.24. The fourth-order valence-electron chi connectivity index (χ4n) is 2.11. The summed E-state index contributed by atoms with van der Waals surface area (Å²) in [6.45, 7) is 1.70. The van der Waals surface area contributed by atoms with Gasteiger partial charge in [0.15, 0.2) is 0 Å². The first-order valence-corrected chi connectivity index (χ1v) is 6.31. The van der Waals surface area contributed by atoms with E-state index in [-0.39, 0.29) is 24.1 Å². The first-order chi connectivity index (χ1) is 9.61. The third kappa shape index (κ3) is 3.12. The highest BCUT2D eigenvalue weighted by Crippen LogP contribution is 2.10. The summed E-state index contributed by atoms with van der Waals surface area (Å²) in [5.74, 6) is -0.757. The predicted molar refractivity (Wildman–Crippen MR) is 69.1 cm³/mol. The molecule has 20 heavy (non-hydrogen) atoms. The summed E-state index contributed by atoms with van der Waals surface area (Å²) in [4.78, 5) is 26.9. The average Bonchev–Trinajstić information content (AvgIpc) is 2.48. The van der Waals surface area contributed by atoms with Crippen molar-refractivity contribution < 1.29 is 14.0 Å². The molecule has 1 heterocycles. The van der Waals surface area contributed by atoms with E-state index in [2.05, 4.69) is 0 Å². The Bertz CT molecular complexity index is 543. The Kier molecular flexibility index (Phi) is 4.31. The van der Waals surface area contributed by atoms with Gasteiger partial charge < -0.3 is 9.80 Å². The van der Waals surface area contributed by atoms with Gasteiger partial charge in [-0.25, -0.2) is 4.39 Å². The van der Waals surface area contributed by atoms with Gasteiger partial charge in [0, 0.05) is 31.7 Å². The maximum absolute atomic E-state index is 12.8. The van der Waals surface area contributed by atoms with Gasteiger partial charge in [-0.05, 0) is 24.3 Å². The molecule has 6 heteroatoms. The van der Waals surface area contributed by atoms with Crippen LogP contribution in [0.2, 0.25) is 0 Å². The number of carbonyl (C=O) groups is 2. The highest BCUT2D eigenvalue weighted by atomic mass is 19.1. The molecule has 2 rings (SSSR count). The van der Waals surface area contributed by atoms with Crippen LogP contribution in [-0.2, 0) is 4.79 Å². The van der Waals surface area contributed by atoms with Gasteiger partial charge in [0.1, 0.15) is 12.2 Å². The van der Waals surface area contributed by atoms with Gasteiger partial charge >= 0.3 is 0 Å². The summed E-state index contributed by atoms with van der Waals surface area (Å²) < 4.78 is 12.8. The summed E-state index contributed by atoms with van der Waals surface area (Å²) in [7, 11) is 0. The van der Waals surface area contributed by atoms with Crippen molar-refractivity contribution in [1.82, 2.24) is 9.80 Å². The molecule has 1 fully saturated rings. The molecule has 0 bridgehead atoms. The highest BCUT2D eigenvalue weighted by molar-refractivity contribution is 5.94. The van der Waals surface area contributed by atoms with Crippen LogP contribution in [0.5, 0.6) is 0 Å². The zero-order valence-corrected chi connectivity index (χ0v) is 10.9. The molecule has 104 valence electrons. The first-order valence-electron chi connectivity index (χ1n) is 6.31. The van der Waals surface area contributed by atoms with E-state index in [0.29, 0.717) is 31.7 Å². The van der Waals surface area contributed by atoms with E-state index in [9.17, 15) is 14.0 Å². The van der Waals surface area contributed by atoms with Crippen LogP contribution in [0, 0.1) is 17.1 Å². The summed E-state index contributed by atoms with van der Waals surface area (Å²) in [5, 5.41) is 8.49. The largest absolute Gasteiger partial charge is 0.338 e. The average molecular weight is 275 g/mol. The lowest BCUT2D eigenvalue weighted by Crippen LogP contribution is -2.50. The second kappa shape index (κ2) is 6.15. The van der Waals surface area contributed by atoms with Crippen LogP contribution in [0.25, 0.3) is 0 Å². The molecule has 0 atom stereocenters. The minimum atomic E-state index is -0.381. The standard InChI is InChI=1S/C14H14FN3O2/c15-12-3-1-11(2-4-12)14(20)18-9-7-17(8-10-18)13(19)5-6-16/h1-4H,5,7-10H2. The van der Waals surface area contributed by atoms with Crippen molar-refractivity contribution >= 4 is 11.8 Å². The summed E-state index contributed by atoms with van der Waals surface area (Å²) in [6, 6.07) is 7.22. The molecule has 1 aliphatic rings. The van der Waals surface area contributed by atoms with Gasteiger partial charge in [-0.2, -0.15) is 5.26 Å². The summed E-state index contributed by atoms with van der Waals surface area (Å²) >= 11 is 0. The number of carbonyl (C=O) groups excluding carboxylic acids is 2. The molecule has 1 saturated heterocycles. The van der Waals surface area contributed by atoms with Gasteiger partial charge in [0.25, 0.3) is 5.91 Å². The lowest BCUT2D eigenvalue weighted by atomic mass is 10.1. The molecule has 1 aromatic rings. The second-order valence-corrected chi connectivity index (χ2v) is 4.51. The van der Waals surface area contributed by atoms with E-state index >= 15 is 0 Å². The lowest BCUT2D eigenvalue weighted by Gasteiger charge is -2.34. The zero-order chi connectivity index (χ0) is 14.5. The number of piperazine rings is 1. The summed E-state index contributed by atoms with van der Waals surface area (Å²) in [6.07, 6.45) is -0.133. The Morgan fingerprint density at radius 1 is 1.10 bits per heavy atom. The Labute approximate surface area is 116 Å². The molecule has 0 spiro atoms. The van der Waals surface area contributed by atoms with Gasteiger partial charge in [0.2, 0.25) is 5.91 Å². The number of hydrogen-bond donors (Lipinski definition) is 0. The first kappa shape index (κ1) is 14.0. The minimum absolute atomic E-state index is 0.133. The normalized spacial score (nSPS) is 14.8. The Balaban J connectivity index is 1.94. The third-order valence-electron chi connectivity index (χ3n) is 3.24. The number of benzene rings is 1. The van der Waals surface area contributed by atoms with Gasteiger partial charge in [-0.1, -0.05) is 0 Å².